The molecule has 0 aromatic rings. The molecule has 0 aliphatic carbocycles. The first-order valence-electron chi connectivity index (χ1n) is 2.98. The fraction of sp³-hybridized carbons (Fsp3) is 0.800. The maximum absolute atomic E-state index is 10.5. The number of ketones is 1. The van der Waals surface area contributed by atoms with Gasteiger partial charge in [0.2, 0.25) is 0 Å². The van der Waals surface area contributed by atoms with Crippen LogP contribution in [0.2, 0.25) is 6.82 Å². The van der Waals surface area contributed by atoms with E-state index in [1.54, 1.807) is 13.7 Å². The van der Waals surface area contributed by atoms with Crippen molar-refractivity contribution in [2.45, 2.75) is 26.7 Å². The summed E-state index contributed by atoms with van der Waals surface area (Å²) in [6.45, 7) is 4.79. The van der Waals surface area contributed by atoms with Gasteiger partial charge in [0.25, 0.3) is 0 Å². The standard InChI is InChI=1S/C5H12BNO2/c1-4(5(2)8)7-6(3)9/h4,7,9H,1-3H3. The van der Waals surface area contributed by atoms with E-state index in [9.17, 15) is 4.79 Å². The molecule has 0 fully saturated rings. The SMILES string of the molecule is CB(O)NC(C)C(C)=O. The van der Waals surface area contributed by atoms with Crippen molar-refractivity contribution >= 4 is 12.8 Å². The zero-order valence-corrected chi connectivity index (χ0v) is 6.01. The van der Waals surface area contributed by atoms with E-state index >= 15 is 0 Å². The Bertz CT molecular complexity index is 105. The first-order chi connectivity index (χ1) is 4.04. The zero-order chi connectivity index (χ0) is 7.44. The van der Waals surface area contributed by atoms with Crippen molar-refractivity contribution in [3.8, 4) is 0 Å². The summed E-state index contributed by atoms with van der Waals surface area (Å²) in [5.41, 5.74) is 0. The minimum absolute atomic E-state index is 0.0379. The second kappa shape index (κ2) is 3.64. The van der Waals surface area contributed by atoms with Crippen molar-refractivity contribution in [1.29, 1.82) is 0 Å². The molecule has 0 aliphatic rings. The van der Waals surface area contributed by atoms with Crippen LogP contribution in [0.3, 0.4) is 0 Å². The molecular weight excluding hydrogens is 117 g/mol. The smallest absolute Gasteiger partial charge is 0.374 e. The predicted octanol–water partition coefficient (Wildman–Crippen LogP) is -0.336. The lowest BCUT2D eigenvalue weighted by Crippen LogP contribution is -2.41. The van der Waals surface area contributed by atoms with E-state index in [-0.39, 0.29) is 11.8 Å². The molecule has 0 radical (unpaired) electrons. The van der Waals surface area contributed by atoms with Crippen LogP contribution >= 0.6 is 0 Å². The maximum Gasteiger partial charge on any atom is 0.374 e. The Morgan fingerprint density at radius 2 is 2.22 bits per heavy atom. The normalized spacial score (nSPS) is 12.9. The Kier molecular flexibility index (Phi) is 3.50. The highest BCUT2D eigenvalue weighted by Crippen LogP contribution is 1.82. The van der Waals surface area contributed by atoms with Gasteiger partial charge in [-0.15, -0.1) is 0 Å². The number of carbonyl (C=O) groups is 1. The highest BCUT2D eigenvalue weighted by atomic mass is 16.2. The van der Waals surface area contributed by atoms with Crippen molar-refractivity contribution in [3.05, 3.63) is 0 Å². The molecule has 52 valence electrons. The van der Waals surface area contributed by atoms with Crippen LogP contribution in [0, 0.1) is 0 Å². The number of Topliss-reactive ketones (excluding diaryl/α,β-unsaturated/α-hetero) is 1. The third-order valence-electron chi connectivity index (χ3n) is 1.10. The second-order valence-electron chi connectivity index (χ2n) is 2.17. The Morgan fingerprint density at radius 3 is 2.33 bits per heavy atom. The monoisotopic (exact) mass is 129 g/mol. The fourth-order valence-electron chi connectivity index (χ4n) is 0.479. The number of rotatable bonds is 3. The molecule has 0 bridgehead atoms. The van der Waals surface area contributed by atoms with E-state index in [4.69, 9.17) is 5.02 Å². The van der Waals surface area contributed by atoms with Crippen molar-refractivity contribution in [3.63, 3.8) is 0 Å². The number of hydrogen-bond acceptors (Lipinski definition) is 3. The van der Waals surface area contributed by atoms with Gasteiger partial charge in [0.1, 0.15) is 5.78 Å². The van der Waals surface area contributed by atoms with Crippen molar-refractivity contribution < 1.29 is 9.82 Å². The molecule has 0 saturated carbocycles. The second-order valence-corrected chi connectivity index (χ2v) is 2.17. The van der Waals surface area contributed by atoms with E-state index < -0.39 is 7.05 Å². The van der Waals surface area contributed by atoms with Crippen molar-refractivity contribution in [1.82, 2.24) is 5.23 Å². The molecule has 0 amide bonds. The topological polar surface area (TPSA) is 49.3 Å². The Labute approximate surface area is 55.6 Å². The highest BCUT2D eigenvalue weighted by molar-refractivity contribution is 6.46. The van der Waals surface area contributed by atoms with Gasteiger partial charge in [0.15, 0.2) is 0 Å². The number of carbonyl (C=O) groups excluding carboxylic acids is 1. The molecule has 2 N–H and O–H groups in total. The van der Waals surface area contributed by atoms with Gasteiger partial charge in [-0.2, -0.15) is 0 Å². The van der Waals surface area contributed by atoms with Gasteiger partial charge in [-0.25, -0.2) is 0 Å². The quantitative estimate of drug-likeness (QED) is 0.512. The summed E-state index contributed by atoms with van der Waals surface area (Å²) < 4.78 is 0. The molecule has 4 heteroatoms. The third-order valence-corrected chi connectivity index (χ3v) is 1.10. The third kappa shape index (κ3) is 4.18. The molecule has 0 heterocycles. The molecule has 0 saturated heterocycles. The van der Waals surface area contributed by atoms with Crippen LogP contribution in [-0.2, 0) is 4.79 Å². The van der Waals surface area contributed by atoms with Gasteiger partial charge in [0.05, 0.1) is 6.04 Å². The predicted molar refractivity (Wildman–Crippen MR) is 37.1 cm³/mol. The summed E-state index contributed by atoms with van der Waals surface area (Å²) in [5.74, 6) is 0.0379. The Balaban J connectivity index is 3.50. The van der Waals surface area contributed by atoms with Crippen molar-refractivity contribution in [2.75, 3.05) is 0 Å². The summed E-state index contributed by atoms with van der Waals surface area (Å²) in [4.78, 5) is 10.5. The molecule has 3 nitrogen and oxygen atoms in total. The summed E-state index contributed by atoms with van der Waals surface area (Å²) in [6.07, 6.45) is 0. The van der Waals surface area contributed by atoms with Crippen LogP contribution < -0.4 is 5.23 Å². The molecule has 0 aliphatic heterocycles. The lowest BCUT2D eigenvalue weighted by molar-refractivity contribution is -0.118. The average Bonchev–Trinajstić information content (AvgIpc) is 1.63. The van der Waals surface area contributed by atoms with E-state index in [2.05, 4.69) is 5.23 Å². The lowest BCUT2D eigenvalue weighted by Gasteiger charge is -2.08. The van der Waals surface area contributed by atoms with E-state index in [1.165, 1.54) is 6.92 Å². The fourth-order valence-corrected chi connectivity index (χ4v) is 0.479. The van der Waals surface area contributed by atoms with Crippen LogP contribution in [0.4, 0.5) is 0 Å². The first-order valence-corrected chi connectivity index (χ1v) is 2.98. The summed E-state index contributed by atoms with van der Waals surface area (Å²) in [7, 11) is -0.608. The van der Waals surface area contributed by atoms with Crippen LogP contribution in [-0.4, -0.2) is 23.9 Å². The van der Waals surface area contributed by atoms with Gasteiger partial charge < -0.3 is 10.3 Å². The van der Waals surface area contributed by atoms with E-state index in [0.29, 0.717) is 0 Å². The minimum atomic E-state index is -0.608. The molecule has 1 unspecified atom stereocenters. The van der Waals surface area contributed by atoms with Crippen molar-refractivity contribution in [2.24, 2.45) is 0 Å². The summed E-state index contributed by atoms with van der Waals surface area (Å²) in [6, 6.07) is -0.245. The molecule has 1 atom stereocenters. The maximum atomic E-state index is 10.5. The minimum Gasteiger partial charge on any atom is -0.437 e. The average molecular weight is 129 g/mol. The van der Waals surface area contributed by atoms with Crippen LogP contribution in [0.5, 0.6) is 0 Å². The van der Waals surface area contributed by atoms with E-state index in [1.807, 2.05) is 0 Å². The summed E-state index contributed by atoms with van der Waals surface area (Å²) >= 11 is 0. The van der Waals surface area contributed by atoms with Gasteiger partial charge >= 0.3 is 7.05 Å². The molecular formula is C5H12BNO2. The molecule has 0 aromatic carbocycles. The van der Waals surface area contributed by atoms with Gasteiger partial charge in [-0.3, -0.25) is 4.79 Å². The molecule has 0 rings (SSSR count). The van der Waals surface area contributed by atoms with E-state index in [0.717, 1.165) is 0 Å². The number of nitrogens with one attached hydrogen (secondary N) is 1. The van der Waals surface area contributed by atoms with Crippen LogP contribution in [0.25, 0.3) is 0 Å². The molecule has 0 aromatic heterocycles. The highest BCUT2D eigenvalue weighted by Gasteiger charge is 2.10. The lowest BCUT2D eigenvalue weighted by atomic mass is 9.87. The molecule has 9 heavy (non-hydrogen) atoms. The zero-order valence-electron chi connectivity index (χ0n) is 6.01. The van der Waals surface area contributed by atoms with Crippen LogP contribution in [0.15, 0.2) is 0 Å². The Morgan fingerprint density at radius 1 is 1.78 bits per heavy atom. The van der Waals surface area contributed by atoms with Gasteiger partial charge in [-0.05, 0) is 20.7 Å². The molecule has 0 spiro atoms. The largest absolute Gasteiger partial charge is 0.437 e. The van der Waals surface area contributed by atoms with Crippen LogP contribution in [0.1, 0.15) is 13.8 Å². The summed E-state index contributed by atoms with van der Waals surface area (Å²) in [5, 5.41) is 11.4. The first kappa shape index (κ1) is 8.65. The van der Waals surface area contributed by atoms with Gasteiger partial charge in [-0.1, -0.05) is 0 Å². The number of hydrogen-bond donors (Lipinski definition) is 2. The van der Waals surface area contributed by atoms with Gasteiger partial charge in [0, 0.05) is 0 Å². The Hall–Kier alpha value is -0.345.